The van der Waals surface area contributed by atoms with Crippen LogP contribution in [0.2, 0.25) is 0 Å². The van der Waals surface area contributed by atoms with Gasteiger partial charge in [0.2, 0.25) is 27.7 Å². The molecular weight excluding hydrogens is 574 g/mol. The molecule has 0 spiro atoms. The molecule has 3 amide bonds. The first-order valence-electron chi connectivity index (χ1n) is 13.9. The van der Waals surface area contributed by atoms with Gasteiger partial charge in [0.15, 0.2) is 0 Å². The predicted octanol–water partition coefficient (Wildman–Crippen LogP) is 1.16. The highest BCUT2D eigenvalue weighted by Crippen LogP contribution is 2.25. The fourth-order valence-electron chi connectivity index (χ4n) is 4.29. The van der Waals surface area contributed by atoms with Gasteiger partial charge < -0.3 is 31.8 Å². The minimum Gasteiger partial charge on any atom is -0.494 e. The van der Waals surface area contributed by atoms with E-state index in [9.17, 15) is 22.8 Å². The Morgan fingerprint density at radius 3 is 2.37 bits per heavy atom. The summed E-state index contributed by atoms with van der Waals surface area (Å²) in [6.07, 6.45) is 2.24. The summed E-state index contributed by atoms with van der Waals surface area (Å²) in [5.74, 6) is -1.67. The van der Waals surface area contributed by atoms with Crippen LogP contribution in [0.3, 0.4) is 0 Å². The second-order valence-electron chi connectivity index (χ2n) is 10.0. The lowest BCUT2D eigenvalue weighted by atomic mass is 10.0. The monoisotopic (exact) mass is 613 g/mol. The smallest absolute Gasteiger partial charge is 0.242 e. The number of H-pyrrole nitrogens is 1. The zero-order valence-corrected chi connectivity index (χ0v) is 25.1. The van der Waals surface area contributed by atoms with Gasteiger partial charge in [-0.2, -0.15) is 0 Å². The van der Waals surface area contributed by atoms with E-state index in [0.717, 1.165) is 17.3 Å². The predicted molar refractivity (Wildman–Crippen MR) is 164 cm³/mol. The number of rotatable bonds is 17. The van der Waals surface area contributed by atoms with Crippen LogP contribution < -0.4 is 31.6 Å². The van der Waals surface area contributed by atoms with Crippen molar-refractivity contribution in [2.24, 2.45) is 11.5 Å². The van der Waals surface area contributed by atoms with Crippen LogP contribution in [0.1, 0.15) is 49.8 Å². The van der Waals surface area contributed by atoms with E-state index in [1.54, 1.807) is 30.5 Å². The van der Waals surface area contributed by atoms with Crippen LogP contribution in [0.15, 0.2) is 48.7 Å². The molecule has 3 aromatic rings. The third-order valence-electron chi connectivity index (χ3n) is 6.70. The quantitative estimate of drug-likeness (QED) is 0.0868. The molecular formula is C29H39N7O6S. The molecule has 43 heavy (non-hydrogen) atoms. The molecule has 2 atom stereocenters. The van der Waals surface area contributed by atoms with E-state index in [2.05, 4.69) is 20.3 Å². The molecule has 0 saturated carbocycles. The number of nitrogen functional groups attached to an aromatic ring is 1. The van der Waals surface area contributed by atoms with Crippen molar-refractivity contribution in [3.05, 3.63) is 65.4 Å². The third-order valence-corrected chi connectivity index (χ3v) is 8.10. The summed E-state index contributed by atoms with van der Waals surface area (Å²) in [5.41, 5.74) is 13.5. The Balaban J connectivity index is 1.81. The summed E-state index contributed by atoms with van der Waals surface area (Å²) in [6.45, 7) is 4.08. The number of amidine groups is 1. The Hall–Kier alpha value is -4.43. The average Bonchev–Trinajstić information content (AvgIpc) is 3.38. The Bertz CT molecular complexity index is 1550. The van der Waals surface area contributed by atoms with Gasteiger partial charge in [-0.3, -0.25) is 19.8 Å². The lowest BCUT2D eigenvalue weighted by Gasteiger charge is -2.23. The van der Waals surface area contributed by atoms with Crippen LogP contribution in [0.25, 0.3) is 10.9 Å². The molecule has 1 aromatic heterocycles. The first-order chi connectivity index (χ1) is 20.4. The number of hydrogen-bond donors (Lipinski definition) is 7. The summed E-state index contributed by atoms with van der Waals surface area (Å²) < 4.78 is 33.3. The van der Waals surface area contributed by atoms with E-state index in [1.807, 2.05) is 25.1 Å². The van der Waals surface area contributed by atoms with Crippen molar-refractivity contribution in [2.75, 3.05) is 12.4 Å². The molecule has 13 nitrogen and oxygen atoms in total. The van der Waals surface area contributed by atoms with Crippen molar-refractivity contribution >= 4 is 44.5 Å². The molecule has 2 aromatic carbocycles. The molecule has 0 bridgehead atoms. The fraction of sp³-hybridized carbons (Fsp3) is 0.379. The lowest BCUT2D eigenvalue weighted by molar-refractivity contribution is -0.130. The van der Waals surface area contributed by atoms with Gasteiger partial charge in [-0.1, -0.05) is 31.2 Å². The van der Waals surface area contributed by atoms with Gasteiger partial charge in [0.1, 0.15) is 23.7 Å². The molecule has 0 aliphatic rings. The van der Waals surface area contributed by atoms with E-state index in [4.69, 9.17) is 21.6 Å². The minimum absolute atomic E-state index is 0.0189. The van der Waals surface area contributed by atoms with Gasteiger partial charge in [-0.15, -0.1) is 0 Å². The summed E-state index contributed by atoms with van der Waals surface area (Å²) >= 11 is 0. The number of carbonyl (C=O) groups is 3. The van der Waals surface area contributed by atoms with Crippen LogP contribution in [-0.2, 0) is 37.4 Å². The van der Waals surface area contributed by atoms with E-state index in [1.165, 1.54) is 6.92 Å². The molecule has 0 aliphatic heterocycles. The Morgan fingerprint density at radius 1 is 1.02 bits per heavy atom. The minimum atomic E-state index is -3.82. The van der Waals surface area contributed by atoms with E-state index in [-0.39, 0.29) is 37.4 Å². The first-order valence-corrected chi connectivity index (χ1v) is 15.6. The number of benzene rings is 2. The fourth-order valence-corrected chi connectivity index (χ4v) is 5.08. The Kier molecular flexibility index (Phi) is 11.7. The summed E-state index contributed by atoms with van der Waals surface area (Å²) in [5, 5.41) is 13.6. The summed E-state index contributed by atoms with van der Waals surface area (Å²) in [6, 6.07) is 9.75. The van der Waals surface area contributed by atoms with Gasteiger partial charge >= 0.3 is 0 Å². The van der Waals surface area contributed by atoms with Gasteiger partial charge in [0, 0.05) is 35.6 Å². The van der Waals surface area contributed by atoms with Crippen molar-refractivity contribution in [1.29, 1.82) is 5.41 Å². The van der Waals surface area contributed by atoms with Crippen molar-refractivity contribution in [2.45, 2.75) is 58.2 Å². The maximum atomic E-state index is 13.5. The number of aromatic amines is 1. The van der Waals surface area contributed by atoms with Crippen molar-refractivity contribution in [1.82, 2.24) is 20.3 Å². The van der Waals surface area contributed by atoms with Gasteiger partial charge in [-0.05, 0) is 55.5 Å². The van der Waals surface area contributed by atoms with Crippen LogP contribution in [0.5, 0.6) is 5.75 Å². The lowest BCUT2D eigenvalue weighted by Crippen LogP contribution is -2.54. The maximum absolute atomic E-state index is 13.5. The number of ether oxygens (including phenoxy) is 1. The topological polar surface area (TPSA) is 222 Å². The van der Waals surface area contributed by atoms with Gasteiger partial charge in [0.05, 0.1) is 12.4 Å². The average molecular weight is 614 g/mol. The van der Waals surface area contributed by atoms with Crippen LogP contribution in [-0.4, -0.2) is 61.4 Å². The zero-order valence-electron chi connectivity index (χ0n) is 24.2. The number of nitrogens with one attached hydrogen (secondary N) is 5. The summed E-state index contributed by atoms with van der Waals surface area (Å²) in [7, 11) is -3.82. The number of carbonyl (C=O) groups excluding carboxylic acids is 3. The molecule has 0 unspecified atom stereocenters. The molecule has 3 rings (SSSR count). The molecule has 232 valence electrons. The van der Waals surface area contributed by atoms with Crippen LogP contribution in [0, 0.1) is 5.41 Å². The zero-order chi connectivity index (χ0) is 31.6. The van der Waals surface area contributed by atoms with Crippen molar-refractivity contribution < 1.29 is 27.5 Å². The molecule has 14 heteroatoms. The number of amides is 3. The normalized spacial score (nSPS) is 12.8. The number of sulfonamides is 1. The number of nitrogens with two attached hydrogens (primary N) is 2. The Labute approximate surface area is 250 Å². The van der Waals surface area contributed by atoms with Gasteiger partial charge in [0.25, 0.3) is 0 Å². The van der Waals surface area contributed by atoms with Gasteiger partial charge in [-0.25, -0.2) is 13.1 Å². The van der Waals surface area contributed by atoms with Crippen LogP contribution >= 0.6 is 0 Å². The van der Waals surface area contributed by atoms with E-state index >= 15 is 0 Å². The highest BCUT2D eigenvalue weighted by Gasteiger charge is 2.29. The number of hydrogen-bond acceptors (Lipinski definition) is 7. The molecule has 9 N–H and O–H groups in total. The van der Waals surface area contributed by atoms with Crippen molar-refractivity contribution in [3.8, 4) is 5.75 Å². The standard InChI is InChI=1S/C29H39N7O6S/c1-3-13-42-21-9-10-23-22(15-21)20(17-33-23)14-25(36-43(40,41)4-2)29(39)35-24(11-12-26(30)37)28(38)34-16-18-5-7-19(8-6-18)27(31)32/h5-10,15,17,24-25,33,36H,3-4,11-14,16H2,1-2H3,(H2,30,37)(H3,31,32)(H,34,38)(H,35,39)/t24-,25+/m0/s1. The van der Waals surface area contributed by atoms with Crippen LogP contribution in [0.4, 0.5) is 0 Å². The molecule has 0 fully saturated rings. The first kappa shape index (κ1) is 33.1. The molecule has 0 saturated heterocycles. The highest BCUT2D eigenvalue weighted by atomic mass is 32.2. The second-order valence-corrected chi connectivity index (χ2v) is 12.1. The summed E-state index contributed by atoms with van der Waals surface area (Å²) in [4.78, 5) is 41.3. The Morgan fingerprint density at radius 2 is 1.74 bits per heavy atom. The largest absolute Gasteiger partial charge is 0.494 e. The highest BCUT2D eigenvalue weighted by molar-refractivity contribution is 7.89. The van der Waals surface area contributed by atoms with Crippen molar-refractivity contribution in [3.63, 3.8) is 0 Å². The molecule has 0 radical (unpaired) electrons. The number of aromatic nitrogens is 1. The number of primary amides is 1. The number of fused-ring (bicyclic) bond motifs is 1. The maximum Gasteiger partial charge on any atom is 0.242 e. The van der Waals surface area contributed by atoms with E-state index in [0.29, 0.717) is 29.0 Å². The second kappa shape index (κ2) is 15.2. The molecule has 1 heterocycles. The molecule has 0 aliphatic carbocycles. The SMILES string of the molecule is CCCOc1ccc2[nH]cc(C[C@@H](NS(=O)(=O)CC)C(=O)N[C@@H](CCC(N)=O)C(=O)NCc3ccc(C(=N)N)cc3)c2c1. The van der Waals surface area contributed by atoms with E-state index < -0.39 is 39.8 Å². The third kappa shape index (κ3) is 9.82.